The Morgan fingerprint density at radius 1 is 1.12 bits per heavy atom. The minimum Gasteiger partial charge on any atom is -0.236 e. The second-order valence-corrected chi connectivity index (χ2v) is 5.89. The molecule has 0 atom stereocenters. The molecule has 0 amide bonds. The van der Waals surface area contributed by atoms with Gasteiger partial charge in [0, 0.05) is 10.0 Å². The summed E-state index contributed by atoms with van der Waals surface area (Å²) >= 11 is 5.23. The van der Waals surface area contributed by atoms with E-state index in [9.17, 15) is 0 Å². The Labute approximate surface area is 112 Å². The lowest BCUT2D eigenvalue weighted by molar-refractivity contribution is 1.40. The SMILES string of the molecule is Cc1cc(Br)ccc1-c1nc2ccccc2s1. The van der Waals surface area contributed by atoms with E-state index >= 15 is 0 Å². The largest absolute Gasteiger partial charge is 0.236 e. The van der Waals surface area contributed by atoms with Gasteiger partial charge in [-0.3, -0.25) is 0 Å². The predicted molar refractivity (Wildman–Crippen MR) is 77.5 cm³/mol. The standard InChI is InChI=1S/C14H10BrNS/c1-9-8-10(15)6-7-11(9)14-16-12-4-2-3-5-13(12)17-14/h2-8H,1H3. The van der Waals surface area contributed by atoms with Crippen molar-refractivity contribution in [2.24, 2.45) is 0 Å². The van der Waals surface area contributed by atoms with Crippen LogP contribution in [-0.2, 0) is 0 Å². The van der Waals surface area contributed by atoms with Crippen molar-refractivity contribution in [3.05, 3.63) is 52.5 Å². The van der Waals surface area contributed by atoms with Gasteiger partial charge in [0.1, 0.15) is 5.01 Å². The number of hydrogen-bond acceptors (Lipinski definition) is 2. The number of fused-ring (bicyclic) bond motifs is 1. The van der Waals surface area contributed by atoms with E-state index in [-0.39, 0.29) is 0 Å². The van der Waals surface area contributed by atoms with Gasteiger partial charge in [-0.1, -0.05) is 34.1 Å². The van der Waals surface area contributed by atoms with Crippen LogP contribution in [0.4, 0.5) is 0 Å². The molecule has 84 valence electrons. The molecule has 1 heterocycles. The van der Waals surface area contributed by atoms with Crippen LogP contribution in [0.5, 0.6) is 0 Å². The number of hydrogen-bond donors (Lipinski definition) is 0. The molecule has 0 aliphatic heterocycles. The summed E-state index contributed by atoms with van der Waals surface area (Å²) in [5.74, 6) is 0. The molecule has 0 N–H and O–H groups in total. The first-order chi connectivity index (χ1) is 8.24. The third-order valence-electron chi connectivity index (χ3n) is 2.71. The number of thiazole rings is 1. The van der Waals surface area contributed by atoms with Gasteiger partial charge < -0.3 is 0 Å². The third kappa shape index (κ3) is 2.01. The van der Waals surface area contributed by atoms with E-state index in [1.54, 1.807) is 11.3 Å². The Hall–Kier alpha value is -1.19. The molecule has 0 unspecified atom stereocenters. The summed E-state index contributed by atoms with van der Waals surface area (Å²) in [6.45, 7) is 2.12. The first kappa shape index (κ1) is 10.9. The molecule has 3 rings (SSSR count). The molecule has 3 heteroatoms. The van der Waals surface area contributed by atoms with Crippen LogP contribution in [0.15, 0.2) is 46.9 Å². The molecule has 0 saturated carbocycles. The van der Waals surface area contributed by atoms with Gasteiger partial charge in [-0.25, -0.2) is 4.98 Å². The molecule has 0 aliphatic rings. The number of para-hydroxylation sites is 1. The minimum atomic E-state index is 1.08. The van der Waals surface area contributed by atoms with Crippen molar-refractivity contribution in [2.45, 2.75) is 6.92 Å². The zero-order valence-corrected chi connectivity index (χ0v) is 11.7. The van der Waals surface area contributed by atoms with Crippen molar-refractivity contribution in [2.75, 3.05) is 0 Å². The molecule has 0 fully saturated rings. The Morgan fingerprint density at radius 3 is 2.71 bits per heavy atom. The molecule has 0 spiro atoms. The second kappa shape index (κ2) is 4.24. The van der Waals surface area contributed by atoms with Gasteiger partial charge in [0.25, 0.3) is 0 Å². The minimum absolute atomic E-state index is 1.08. The lowest BCUT2D eigenvalue weighted by Crippen LogP contribution is -1.81. The van der Waals surface area contributed by atoms with Gasteiger partial charge in [0.05, 0.1) is 10.2 Å². The lowest BCUT2D eigenvalue weighted by Gasteiger charge is -2.01. The maximum Gasteiger partial charge on any atom is 0.124 e. The molecule has 2 aromatic carbocycles. The van der Waals surface area contributed by atoms with E-state index in [1.807, 2.05) is 6.07 Å². The molecule has 1 nitrogen and oxygen atoms in total. The summed E-state index contributed by atoms with van der Waals surface area (Å²) < 4.78 is 2.35. The zero-order valence-electron chi connectivity index (χ0n) is 9.27. The Bertz CT molecular complexity index is 655. The Balaban J connectivity index is 2.20. The van der Waals surface area contributed by atoms with Crippen molar-refractivity contribution in [3.63, 3.8) is 0 Å². The Kier molecular flexibility index (Phi) is 2.73. The van der Waals surface area contributed by atoms with Crippen LogP contribution in [0.2, 0.25) is 0 Å². The summed E-state index contributed by atoms with van der Waals surface area (Å²) in [6, 6.07) is 14.6. The Morgan fingerprint density at radius 2 is 1.94 bits per heavy atom. The predicted octanol–water partition coefficient (Wildman–Crippen LogP) is 5.03. The third-order valence-corrected chi connectivity index (χ3v) is 4.28. The quantitative estimate of drug-likeness (QED) is 0.614. The molecule has 0 bridgehead atoms. The molecular formula is C14H10BrNS. The van der Waals surface area contributed by atoms with E-state index in [2.05, 4.69) is 64.2 Å². The molecule has 0 radical (unpaired) electrons. The highest BCUT2D eigenvalue weighted by Crippen LogP contribution is 2.32. The van der Waals surface area contributed by atoms with Crippen molar-refractivity contribution in [3.8, 4) is 10.6 Å². The van der Waals surface area contributed by atoms with Crippen molar-refractivity contribution in [1.82, 2.24) is 4.98 Å². The first-order valence-electron chi connectivity index (χ1n) is 5.36. The molecule has 1 aromatic heterocycles. The van der Waals surface area contributed by atoms with E-state index < -0.39 is 0 Å². The fourth-order valence-electron chi connectivity index (χ4n) is 1.85. The molecule has 0 aliphatic carbocycles. The number of aromatic nitrogens is 1. The van der Waals surface area contributed by atoms with E-state index in [1.165, 1.54) is 15.8 Å². The monoisotopic (exact) mass is 303 g/mol. The number of nitrogens with zero attached hydrogens (tertiary/aromatic N) is 1. The number of benzene rings is 2. The van der Waals surface area contributed by atoms with Crippen LogP contribution in [0.3, 0.4) is 0 Å². The molecular weight excluding hydrogens is 294 g/mol. The number of aryl methyl sites for hydroxylation is 1. The van der Waals surface area contributed by atoms with Crippen molar-refractivity contribution >= 4 is 37.5 Å². The van der Waals surface area contributed by atoms with Gasteiger partial charge in [0.2, 0.25) is 0 Å². The van der Waals surface area contributed by atoms with Crippen LogP contribution >= 0.6 is 27.3 Å². The van der Waals surface area contributed by atoms with Crippen molar-refractivity contribution in [1.29, 1.82) is 0 Å². The summed E-state index contributed by atoms with van der Waals surface area (Å²) in [4.78, 5) is 4.68. The lowest BCUT2D eigenvalue weighted by atomic mass is 10.1. The topological polar surface area (TPSA) is 12.9 Å². The summed E-state index contributed by atoms with van der Waals surface area (Å²) in [5.41, 5.74) is 3.54. The average molecular weight is 304 g/mol. The maximum atomic E-state index is 4.68. The van der Waals surface area contributed by atoms with Gasteiger partial charge in [-0.2, -0.15) is 0 Å². The number of halogens is 1. The normalized spacial score (nSPS) is 10.9. The van der Waals surface area contributed by atoms with Crippen LogP contribution in [0.1, 0.15) is 5.56 Å². The van der Waals surface area contributed by atoms with E-state index in [0.717, 1.165) is 15.0 Å². The summed E-state index contributed by atoms with van der Waals surface area (Å²) in [5, 5.41) is 1.09. The first-order valence-corrected chi connectivity index (χ1v) is 6.97. The molecule has 17 heavy (non-hydrogen) atoms. The maximum absolute atomic E-state index is 4.68. The highest BCUT2D eigenvalue weighted by Gasteiger charge is 2.08. The van der Waals surface area contributed by atoms with E-state index in [4.69, 9.17) is 0 Å². The highest BCUT2D eigenvalue weighted by molar-refractivity contribution is 9.10. The van der Waals surface area contributed by atoms with Crippen LogP contribution < -0.4 is 0 Å². The summed E-state index contributed by atoms with van der Waals surface area (Å²) in [7, 11) is 0. The molecule has 0 saturated heterocycles. The van der Waals surface area contributed by atoms with Gasteiger partial charge in [0.15, 0.2) is 0 Å². The zero-order chi connectivity index (χ0) is 11.8. The van der Waals surface area contributed by atoms with Crippen LogP contribution in [0.25, 0.3) is 20.8 Å². The number of rotatable bonds is 1. The fraction of sp³-hybridized carbons (Fsp3) is 0.0714. The second-order valence-electron chi connectivity index (χ2n) is 3.95. The van der Waals surface area contributed by atoms with Crippen LogP contribution in [-0.4, -0.2) is 4.98 Å². The van der Waals surface area contributed by atoms with Gasteiger partial charge in [-0.05, 0) is 36.8 Å². The van der Waals surface area contributed by atoms with Gasteiger partial charge in [-0.15, -0.1) is 11.3 Å². The summed E-state index contributed by atoms with van der Waals surface area (Å²) in [6.07, 6.45) is 0. The highest BCUT2D eigenvalue weighted by atomic mass is 79.9. The average Bonchev–Trinajstić information content (AvgIpc) is 2.72. The molecule has 3 aromatic rings. The van der Waals surface area contributed by atoms with Gasteiger partial charge >= 0.3 is 0 Å². The van der Waals surface area contributed by atoms with E-state index in [0.29, 0.717) is 0 Å². The van der Waals surface area contributed by atoms with Crippen molar-refractivity contribution < 1.29 is 0 Å². The van der Waals surface area contributed by atoms with Crippen LogP contribution in [0, 0.1) is 6.92 Å². The fourth-order valence-corrected chi connectivity index (χ4v) is 3.39. The smallest absolute Gasteiger partial charge is 0.124 e.